The van der Waals surface area contributed by atoms with Gasteiger partial charge in [0.2, 0.25) is 0 Å². The van der Waals surface area contributed by atoms with E-state index in [2.05, 4.69) is 18.0 Å². The molecule has 1 fully saturated rings. The average Bonchev–Trinajstić information content (AvgIpc) is 2.82. The zero-order valence-electron chi connectivity index (χ0n) is 10.6. The van der Waals surface area contributed by atoms with Crippen molar-refractivity contribution < 1.29 is 4.74 Å². The summed E-state index contributed by atoms with van der Waals surface area (Å²) in [6.45, 7) is 2.99. The molecule has 0 aromatic carbocycles. The van der Waals surface area contributed by atoms with E-state index in [1.54, 1.807) is 0 Å². The van der Waals surface area contributed by atoms with Crippen LogP contribution < -0.4 is 5.73 Å². The molecule has 2 unspecified atom stereocenters. The molecule has 94 valence electrons. The molecule has 1 aliphatic heterocycles. The number of ether oxygens (including phenoxy) is 1. The van der Waals surface area contributed by atoms with Gasteiger partial charge in [0.25, 0.3) is 0 Å². The second-order valence-electron chi connectivity index (χ2n) is 4.97. The number of nitrogens with zero attached hydrogens (tertiary/aromatic N) is 1. The highest BCUT2D eigenvalue weighted by atomic mass is 16.5. The first kappa shape index (κ1) is 12.5. The fourth-order valence-electron chi connectivity index (χ4n) is 2.39. The van der Waals surface area contributed by atoms with Crippen LogP contribution in [0.5, 0.6) is 0 Å². The molecule has 3 heteroatoms. The highest BCUT2D eigenvalue weighted by molar-refractivity contribution is 5.19. The number of hydrogen-bond donors (Lipinski definition) is 1. The van der Waals surface area contributed by atoms with Gasteiger partial charge in [0.05, 0.1) is 6.10 Å². The molecule has 1 aliphatic rings. The molecular formula is C14H22N2O. The van der Waals surface area contributed by atoms with Gasteiger partial charge >= 0.3 is 0 Å². The number of rotatable bonds is 5. The molecule has 3 nitrogen and oxygen atoms in total. The molecule has 2 atom stereocenters. The van der Waals surface area contributed by atoms with Gasteiger partial charge in [0.1, 0.15) is 0 Å². The minimum atomic E-state index is 0.115. The molecule has 0 amide bonds. The lowest BCUT2D eigenvalue weighted by Crippen LogP contribution is -2.12. The van der Waals surface area contributed by atoms with Crippen molar-refractivity contribution in [1.29, 1.82) is 0 Å². The van der Waals surface area contributed by atoms with Gasteiger partial charge in [0.15, 0.2) is 0 Å². The predicted molar refractivity (Wildman–Crippen MR) is 68.7 cm³/mol. The Labute approximate surface area is 103 Å². The second-order valence-corrected chi connectivity index (χ2v) is 4.97. The van der Waals surface area contributed by atoms with Gasteiger partial charge in [0, 0.05) is 25.0 Å². The molecule has 0 spiro atoms. The Hall–Kier alpha value is -0.930. The Morgan fingerprint density at radius 3 is 3.12 bits per heavy atom. The molecule has 0 radical (unpaired) electrons. The number of aromatic nitrogens is 1. The van der Waals surface area contributed by atoms with E-state index in [-0.39, 0.29) is 6.04 Å². The first-order chi connectivity index (χ1) is 8.25. The Bertz CT molecular complexity index is 348. The smallest absolute Gasteiger partial charge is 0.0576 e. The van der Waals surface area contributed by atoms with Crippen molar-refractivity contribution in [1.82, 2.24) is 4.98 Å². The Morgan fingerprint density at radius 1 is 1.53 bits per heavy atom. The lowest BCUT2D eigenvalue weighted by Gasteiger charge is -2.14. The van der Waals surface area contributed by atoms with Crippen LogP contribution in [0.15, 0.2) is 18.5 Å². The first-order valence-electron chi connectivity index (χ1n) is 6.54. The summed E-state index contributed by atoms with van der Waals surface area (Å²) in [4.78, 5) is 4.19. The Kier molecular flexibility index (Phi) is 4.51. The summed E-state index contributed by atoms with van der Waals surface area (Å²) in [6, 6.07) is 2.24. The van der Waals surface area contributed by atoms with Crippen LogP contribution in [0.2, 0.25) is 0 Å². The third-order valence-corrected chi connectivity index (χ3v) is 3.39. The third kappa shape index (κ3) is 3.79. The largest absolute Gasteiger partial charge is 0.378 e. The summed E-state index contributed by atoms with van der Waals surface area (Å²) in [5.41, 5.74) is 8.50. The highest BCUT2D eigenvalue weighted by Gasteiger charge is 2.15. The van der Waals surface area contributed by atoms with E-state index in [4.69, 9.17) is 10.5 Å². The summed E-state index contributed by atoms with van der Waals surface area (Å²) in [7, 11) is 0. The van der Waals surface area contributed by atoms with Crippen molar-refractivity contribution in [3.05, 3.63) is 29.6 Å². The standard InChI is InChI=1S/C14H22N2O/c1-11-8-12(10-16-9-11)14(15)6-2-4-13-5-3-7-17-13/h8-10,13-14H,2-7,15H2,1H3. The van der Waals surface area contributed by atoms with Crippen LogP contribution in [0.3, 0.4) is 0 Å². The highest BCUT2D eigenvalue weighted by Crippen LogP contribution is 2.21. The molecule has 0 aliphatic carbocycles. The molecule has 2 rings (SSSR count). The van der Waals surface area contributed by atoms with Gasteiger partial charge in [-0.2, -0.15) is 0 Å². The van der Waals surface area contributed by atoms with Crippen LogP contribution in [0, 0.1) is 6.92 Å². The minimum absolute atomic E-state index is 0.115. The number of aryl methyl sites for hydroxylation is 1. The van der Waals surface area contributed by atoms with E-state index in [0.717, 1.165) is 31.4 Å². The molecule has 1 aromatic heterocycles. The van der Waals surface area contributed by atoms with E-state index in [9.17, 15) is 0 Å². The Balaban J connectivity index is 1.74. The molecule has 1 saturated heterocycles. The molecule has 2 heterocycles. The first-order valence-corrected chi connectivity index (χ1v) is 6.54. The maximum Gasteiger partial charge on any atom is 0.0576 e. The van der Waals surface area contributed by atoms with E-state index in [1.165, 1.54) is 18.4 Å². The number of pyridine rings is 1. The SMILES string of the molecule is Cc1cncc(C(N)CCCC2CCCO2)c1. The summed E-state index contributed by atoms with van der Waals surface area (Å²) in [5.74, 6) is 0. The lowest BCUT2D eigenvalue weighted by atomic mass is 10.0. The zero-order chi connectivity index (χ0) is 12.1. The lowest BCUT2D eigenvalue weighted by molar-refractivity contribution is 0.101. The number of nitrogens with two attached hydrogens (primary N) is 1. The molecule has 2 N–H and O–H groups in total. The van der Waals surface area contributed by atoms with Crippen molar-refractivity contribution >= 4 is 0 Å². The van der Waals surface area contributed by atoms with Gasteiger partial charge in [-0.15, -0.1) is 0 Å². The van der Waals surface area contributed by atoms with Gasteiger partial charge in [-0.3, -0.25) is 4.98 Å². The van der Waals surface area contributed by atoms with Crippen LogP contribution >= 0.6 is 0 Å². The van der Waals surface area contributed by atoms with Gasteiger partial charge in [-0.1, -0.05) is 6.07 Å². The average molecular weight is 234 g/mol. The maximum atomic E-state index is 6.17. The molecular weight excluding hydrogens is 212 g/mol. The Morgan fingerprint density at radius 2 is 2.41 bits per heavy atom. The van der Waals surface area contributed by atoms with E-state index < -0.39 is 0 Å². The van der Waals surface area contributed by atoms with Gasteiger partial charge in [-0.05, 0) is 50.2 Å². The summed E-state index contributed by atoms with van der Waals surface area (Å²) in [5, 5.41) is 0. The van der Waals surface area contributed by atoms with Crippen molar-refractivity contribution in [2.24, 2.45) is 5.73 Å². The summed E-state index contributed by atoms with van der Waals surface area (Å²) < 4.78 is 5.61. The van der Waals surface area contributed by atoms with Gasteiger partial charge < -0.3 is 10.5 Å². The zero-order valence-corrected chi connectivity index (χ0v) is 10.6. The maximum absolute atomic E-state index is 6.17. The van der Waals surface area contributed by atoms with Crippen molar-refractivity contribution in [3.8, 4) is 0 Å². The van der Waals surface area contributed by atoms with Crippen molar-refractivity contribution in [2.75, 3.05) is 6.61 Å². The quantitative estimate of drug-likeness (QED) is 0.852. The van der Waals surface area contributed by atoms with Crippen LogP contribution in [-0.4, -0.2) is 17.7 Å². The van der Waals surface area contributed by atoms with Crippen LogP contribution in [0.1, 0.15) is 49.3 Å². The van der Waals surface area contributed by atoms with Crippen LogP contribution in [0.4, 0.5) is 0 Å². The van der Waals surface area contributed by atoms with Crippen LogP contribution in [0.25, 0.3) is 0 Å². The number of hydrogen-bond acceptors (Lipinski definition) is 3. The van der Waals surface area contributed by atoms with E-state index in [1.807, 2.05) is 12.4 Å². The van der Waals surface area contributed by atoms with E-state index in [0.29, 0.717) is 6.10 Å². The third-order valence-electron chi connectivity index (χ3n) is 3.39. The second kappa shape index (κ2) is 6.12. The molecule has 17 heavy (non-hydrogen) atoms. The fraction of sp³-hybridized carbons (Fsp3) is 0.643. The summed E-state index contributed by atoms with van der Waals surface area (Å²) >= 11 is 0. The topological polar surface area (TPSA) is 48.1 Å². The molecule has 0 saturated carbocycles. The summed E-state index contributed by atoms with van der Waals surface area (Å²) in [6.07, 6.45) is 9.97. The normalized spacial score (nSPS) is 21.6. The van der Waals surface area contributed by atoms with E-state index >= 15 is 0 Å². The predicted octanol–water partition coefficient (Wildman–Crippen LogP) is 2.74. The van der Waals surface area contributed by atoms with Crippen molar-refractivity contribution in [2.45, 2.75) is 51.2 Å². The van der Waals surface area contributed by atoms with Gasteiger partial charge in [-0.25, -0.2) is 0 Å². The molecule has 0 bridgehead atoms. The van der Waals surface area contributed by atoms with Crippen LogP contribution in [-0.2, 0) is 4.74 Å². The minimum Gasteiger partial charge on any atom is -0.378 e. The van der Waals surface area contributed by atoms with Crippen molar-refractivity contribution in [3.63, 3.8) is 0 Å². The monoisotopic (exact) mass is 234 g/mol. The molecule has 1 aromatic rings. The fourth-order valence-corrected chi connectivity index (χ4v) is 2.39.